The molecule has 0 unspecified atom stereocenters. The Morgan fingerprint density at radius 2 is 1.90 bits per heavy atom. The highest BCUT2D eigenvalue weighted by Crippen LogP contribution is 2.13. The van der Waals surface area contributed by atoms with Gasteiger partial charge in [-0.15, -0.1) is 0 Å². The van der Waals surface area contributed by atoms with Crippen molar-refractivity contribution in [3.05, 3.63) is 42.0 Å². The van der Waals surface area contributed by atoms with Gasteiger partial charge in [0.05, 0.1) is 11.5 Å². The average Bonchev–Trinajstić information content (AvgIpc) is 2.37. The molecule has 0 aliphatic rings. The molecule has 0 amide bonds. The van der Waals surface area contributed by atoms with Crippen LogP contribution in [-0.2, 0) is 19.1 Å². The number of unbranched alkanes of at least 4 members (excludes halogenated alkanes) is 2. The fourth-order valence-electron chi connectivity index (χ4n) is 1.49. The Morgan fingerprint density at radius 1 is 1.25 bits per heavy atom. The first-order chi connectivity index (χ1) is 9.42. The highest BCUT2D eigenvalue weighted by atomic mass is 32.2. The molecule has 0 aromatic heterocycles. The molecule has 0 atom stereocenters. The Hall–Kier alpha value is -1.66. The van der Waals surface area contributed by atoms with E-state index in [1.807, 2.05) is 6.92 Å². The summed E-state index contributed by atoms with van der Waals surface area (Å²) in [7, 11) is -3.70. The van der Waals surface area contributed by atoms with E-state index in [0.29, 0.717) is 19.3 Å². The van der Waals surface area contributed by atoms with Crippen molar-refractivity contribution in [2.24, 2.45) is 0 Å². The van der Waals surface area contributed by atoms with E-state index in [4.69, 9.17) is 9.29 Å². The summed E-state index contributed by atoms with van der Waals surface area (Å²) >= 11 is 0. The first-order valence-electron chi connectivity index (χ1n) is 6.27. The minimum absolute atomic E-state index is 0.0944. The molecule has 0 aliphatic carbocycles. The standard InChI is InChI=1S/C14H18O5S/c1-12-7-9-13(10-8-12)20(17,18)19-11-5-3-2-4-6-14(15)16/h4,6-10H,2-3,5,11H2,1H3,(H,15,16)/b6-4+. The zero-order chi connectivity index (χ0) is 15.0. The number of aliphatic carboxylic acids is 1. The van der Waals surface area contributed by atoms with Crippen LogP contribution in [0.1, 0.15) is 24.8 Å². The number of carboxylic acids is 1. The zero-order valence-electron chi connectivity index (χ0n) is 11.3. The molecule has 0 bridgehead atoms. The summed E-state index contributed by atoms with van der Waals surface area (Å²) in [5.41, 5.74) is 0.981. The molecule has 1 aromatic carbocycles. The van der Waals surface area contributed by atoms with Crippen molar-refractivity contribution in [1.29, 1.82) is 0 Å². The van der Waals surface area contributed by atoms with E-state index in [2.05, 4.69) is 0 Å². The maximum Gasteiger partial charge on any atom is 0.327 e. The second-order valence-corrected chi connectivity index (χ2v) is 5.94. The van der Waals surface area contributed by atoms with Crippen LogP contribution in [0.3, 0.4) is 0 Å². The highest BCUT2D eigenvalue weighted by Gasteiger charge is 2.13. The Balaban J connectivity index is 2.34. The topological polar surface area (TPSA) is 80.7 Å². The molecular formula is C14H18O5S. The number of rotatable bonds is 8. The minimum Gasteiger partial charge on any atom is -0.478 e. The van der Waals surface area contributed by atoms with E-state index in [0.717, 1.165) is 11.6 Å². The summed E-state index contributed by atoms with van der Waals surface area (Å²) in [5.74, 6) is -0.983. The molecule has 20 heavy (non-hydrogen) atoms. The van der Waals surface area contributed by atoms with Crippen LogP contribution in [0.15, 0.2) is 41.3 Å². The molecule has 0 fully saturated rings. The van der Waals surface area contributed by atoms with E-state index in [1.54, 1.807) is 12.1 Å². The lowest BCUT2D eigenvalue weighted by atomic mass is 10.2. The van der Waals surface area contributed by atoms with Crippen molar-refractivity contribution in [3.63, 3.8) is 0 Å². The van der Waals surface area contributed by atoms with Crippen LogP contribution in [-0.4, -0.2) is 26.1 Å². The third-order valence-corrected chi connectivity index (χ3v) is 3.90. The number of carboxylic acid groups (broad SMARTS) is 1. The maximum absolute atomic E-state index is 11.8. The van der Waals surface area contributed by atoms with Gasteiger partial charge in [-0.25, -0.2) is 4.79 Å². The summed E-state index contributed by atoms with van der Waals surface area (Å²) in [6.45, 7) is 1.97. The second-order valence-electron chi connectivity index (χ2n) is 4.33. The Kier molecular flexibility index (Phi) is 6.41. The van der Waals surface area contributed by atoms with E-state index >= 15 is 0 Å². The number of benzene rings is 1. The molecule has 1 N–H and O–H groups in total. The summed E-state index contributed by atoms with van der Waals surface area (Å²) in [6, 6.07) is 6.46. The maximum atomic E-state index is 11.8. The first kappa shape index (κ1) is 16.4. The average molecular weight is 298 g/mol. The van der Waals surface area contributed by atoms with Gasteiger partial charge in [0.2, 0.25) is 0 Å². The molecule has 0 saturated carbocycles. The number of hydrogen-bond donors (Lipinski definition) is 1. The molecule has 110 valence electrons. The number of allylic oxidation sites excluding steroid dienone is 1. The van der Waals surface area contributed by atoms with Gasteiger partial charge in [-0.05, 0) is 38.3 Å². The highest BCUT2D eigenvalue weighted by molar-refractivity contribution is 7.86. The fraction of sp³-hybridized carbons (Fsp3) is 0.357. The van der Waals surface area contributed by atoms with Crippen LogP contribution in [0.5, 0.6) is 0 Å². The second kappa shape index (κ2) is 7.81. The molecule has 5 nitrogen and oxygen atoms in total. The van der Waals surface area contributed by atoms with Crippen molar-refractivity contribution in [2.75, 3.05) is 6.61 Å². The van der Waals surface area contributed by atoms with E-state index in [9.17, 15) is 13.2 Å². The Bertz CT molecular complexity index is 558. The predicted molar refractivity (Wildman–Crippen MR) is 74.9 cm³/mol. The minimum atomic E-state index is -3.70. The quantitative estimate of drug-likeness (QED) is 0.453. The van der Waals surface area contributed by atoms with Crippen molar-refractivity contribution < 1.29 is 22.5 Å². The van der Waals surface area contributed by atoms with E-state index in [1.165, 1.54) is 18.2 Å². The fourth-order valence-corrected chi connectivity index (χ4v) is 2.43. The molecule has 1 aromatic rings. The van der Waals surface area contributed by atoms with Gasteiger partial charge in [-0.2, -0.15) is 8.42 Å². The Labute approximate surface area is 119 Å². The van der Waals surface area contributed by atoms with Crippen LogP contribution in [0.2, 0.25) is 0 Å². The van der Waals surface area contributed by atoms with Crippen LogP contribution in [0, 0.1) is 6.92 Å². The lowest BCUT2D eigenvalue weighted by Gasteiger charge is -2.05. The van der Waals surface area contributed by atoms with Gasteiger partial charge in [0.1, 0.15) is 0 Å². The number of aryl methyl sites for hydroxylation is 1. The largest absolute Gasteiger partial charge is 0.478 e. The lowest BCUT2D eigenvalue weighted by molar-refractivity contribution is -0.131. The van der Waals surface area contributed by atoms with Crippen molar-refractivity contribution in [1.82, 2.24) is 0 Å². The van der Waals surface area contributed by atoms with Crippen molar-refractivity contribution >= 4 is 16.1 Å². The molecule has 0 heterocycles. The van der Waals surface area contributed by atoms with Gasteiger partial charge in [0, 0.05) is 6.08 Å². The summed E-state index contributed by atoms with van der Waals surface area (Å²) in [5, 5.41) is 8.38. The van der Waals surface area contributed by atoms with Gasteiger partial charge in [0.15, 0.2) is 0 Å². The van der Waals surface area contributed by atoms with E-state index < -0.39 is 16.1 Å². The summed E-state index contributed by atoms with van der Waals surface area (Å²) in [4.78, 5) is 10.4. The van der Waals surface area contributed by atoms with Gasteiger partial charge in [-0.3, -0.25) is 4.18 Å². The summed E-state index contributed by atoms with van der Waals surface area (Å²) < 4.78 is 28.5. The molecule has 0 spiro atoms. The van der Waals surface area contributed by atoms with Crippen LogP contribution in [0.25, 0.3) is 0 Å². The van der Waals surface area contributed by atoms with Crippen LogP contribution < -0.4 is 0 Å². The molecule has 1 rings (SSSR count). The molecule has 6 heteroatoms. The molecular weight excluding hydrogens is 280 g/mol. The van der Waals surface area contributed by atoms with Crippen LogP contribution in [0.4, 0.5) is 0 Å². The predicted octanol–water partition coefficient (Wildman–Crippen LogP) is 2.51. The Morgan fingerprint density at radius 3 is 2.50 bits per heavy atom. The molecule has 0 saturated heterocycles. The summed E-state index contributed by atoms with van der Waals surface area (Å²) in [6.07, 6.45) is 4.42. The lowest BCUT2D eigenvalue weighted by Crippen LogP contribution is -2.07. The zero-order valence-corrected chi connectivity index (χ0v) is 12.1. The van der Waals surface area contributed by atoms with Crippen molar-refractivity contribution in [2.45, 2.75) is 31.1 Å². The van der Waals surface area contributed by atoms with Crippen molar-refractivity contribution in [3.8, 4) is 0 Å². The monoisotopic (exact) mass is 298 g/mol. The normalized spacial score (nSPS) is 11.8. The smallest absolute Gasteiger partial charge is 0.327 e. The van der Waals surface area contributed by atoms with Crippen LogP contribution >= 0.6 is 0 Å². The first-order valence-corrected chi connectivity index (χ1v) is 7.68. The van der Waals surface area contributed by atoms with E-state index in [-0.39, 0.29) is 11.5 Å². The van der Waals surface area contributed by atoms with Gasteiger partial charge >= 0.3 is 5.97 Å². The molecule has 0 radical (unpaired) electrons. The third-order valence-electron chi connectivity index (χ3n) is 2.57. The number of hydrogen-bond acceptors (Lipinski definition) is 4. The SMILES string of the molecule is Cc1ccc(S(=O)(=O)OCCCC/C=C/C(=O)O)cc1. The number of carbonyl (C=O) groups is 1. The molecule has 0 aliphatic heterocycles. The van der Waals surface area contributed by atoms with Gasteiger partial charge < -0.3 is 5.11 Å². The third kappa shape index (κ3) is 5.99. The van der Waals surface area contributed by atoms with Gasteiger partial charge in [0.25, 0.3) is 10.1 Å². The van der Waals surface area contributed by atoms with Gasteiger partial charge in [-0.1, -0.05) is 23.8 Å².